The zero-order valence-electron chi connectivity index (χ0n) is 14.2. The third-order valence-electron chi connectivity index (χ3n) is 5.24. The Balaban J connectivity index is 1.68. The van der Waals surface area contributed by atoms with Gasteiger partial charge in [0.25, 0.3) is 0 Å². The van der Waals surface area contributed by atoms with Gasteiger partial charge in [0.15, 0.2) is 5.78 Å². The van der Waals surface area contributed by atoms with Gasteiger partial charge in [-0.05, 0) is 48.2 Å². The van der Waals surface area contributed by atoms with Gasteiger partial charge in [-0.25, -0.2) is 0 Å². The van der Waals surface area contributed by atoms with Crippen molar-refractivity contribution in [3.05, 3.63) is 87.7 Å². The average molecular weight is 361 g/mol. The molecule has 0 atom stereocenters. The van der Waals surface area contributed by atoms with Crippen LogP contribution in [-0.2, 0) is 13.0 Å². The number of fused-ring (bicyclic) bond motifs is 4. The number of rotatable bonds is 1. The first-order valence-corrected chi connectivity index (χ1v) is 9.26. The Hall–Kier alpha value is -2.65. The minimum absolute atomic E-state index is 0.253. The molecule has 0 spiro atoms. The molecule has 0 amide bonds. The zero-order chi connectivity index (χ0) is 17.7. The Bertz CT molecular complexity index is 1080. The van der Waals surface area contributed by atoms with Gasteiger partial charge in [0.1, 0.15) is 0 Å². The summed E-state index contributed by atoms with van der Waals surface area (Å²) in [6.45, 7) is 0.586. The van der Waals surface area contributed by atoms with Gasteiger partial charge in [0.05, 0.1) is 28.7 Å². The number of carbonyl (C=O) groups excluding carboxylic acids is 1. The maximum absolute atomic E-state index is 12.1. The third-order valence-corrected chi connectivity index (χ3v) is 5.54. The molecule has 26 heavy (non-hydrogen) atoms. The van der Waals surface area contributed by atoms with E-state index in [1.165, 1.54) is 0 Å². The summed E-state index contributed by atoms with van der Waals surface area (Å²) < 4.78 is 2.12. The predicted octanol–water partition coefficient (Wildman–Crippen LogP) is 5.00. The molecule has 0 saturated heterocycles. The van der Waals surface area contributed by atoms with Crippen LogP contribution >= 0.6 is 11.6 Å². The number of aliphatic imine (C=N–C) groups is 1. The quantitative estimate of drug-likeness (QED) is 0.601. The van der Waals surface area contributed by atoms with E-state index in [0.29, 0.717) is 13.0 Å². The van der Waals surface area contributed by atoms with Crippen molar-refractivity contribution in [2.45, 2.75) is 25.8 Å². The molecule has 0 bridgehead atoms. The highest BCUT2D eigenvalue weighted by molar-refractivity contribution is 6.32. The third kappa shape index (κ3) is 2.35. The zero-order valence-corrected chi connectivity index (χ0v) is 15.0. The lowest BCUT2D eigenvalue weighted by Crippen LogP contribution is -2.14. The molecule has 0 N–H and O–H groups in total. The van der Waals surface area contributed by atoms with Crippen molar-refractivity contribution in [3.8, 4) is 5.69 Å². The van der Waals surface area contributed by atoms with E-state index in [1.807, 2.05) is 36.5 Å². The minimum atomic E-state index is 0.253. The molecule has 2 heterocycles. The molecule has 4 heteroatoms. The van der Waals surface area contributed by atoms with Gasteiger partial charge >= 0.3 is 0 Å². The van der Waals surface area contributed by atoms with Crippen LogP contribution in [0.25, 0.3) is 5.69 Å². The first kappa shape index (κ1) is 15.6. The van der Waals surface area contributed by atoms with Crippen molar-refractivity contribution in [1.82, 2.24) is 4.57 Å². The fourth-order valence-electron chi connectivity index (χ4n) is 4.00. The van der Waals surface area contributed by atoms with Crippen molar-refractivity contribution in [1.29, 1.82) is 0 Å². The SMILES string of the molecule is O=C1CCCc2cc(C3=NCc4cccc(Cl)c4-n4cccc43)ccc21. The lowest BCUT2D eigenvalue weighted by Gasteiger charge is -2.17. The van der Waals surface area contributed by atoms with E-state index in [9.17, 15) is 4.79 Å². The molecule has 0 radical (unpaired) electrons. The highest BCUT2D eigenvalue weighted by Crippen LogP contribution is 2.31. The van der Waals surface area contributed by atoms with E-state index < -0.39 is 0 Å². The number of aryl methyl sites for hydroxylation is 1. The molecule has 1 aliphatic carbocycles. The minimum Gasteiger partial charge on any atom is -0.313 e. The molecule has 5 rings (SSSR count). The van der Waals surface area contributed by atoms with Gasteiger partial charge in [0, 0.05) is 23.7 Å². The molecular weight excluding hydrogens is 344 g/mol. The van der Waals surface area contributed by atoms with Crippen LogP contribution < -0.4 is 0 Å². The van der Waals surface area contributed by atoms with Crippen molar-refractivity contribution in [3.63, 3.8) is 0 Å². The molecule has 0 fully saturated rings. The highest BCUT2D eigenvalue weighted by Gasteiger charge is 2.22. The van der Waals surface area contributed by atoms with E-state index in [4.69, 9.17) is 16.6 Å². The summed E-state index contributed by atoms with van der Waals surface area (Å²) in [7, 11) is 0. The maximum Gasteiger partial charge on any atom is 0.163 e. The fourth-order valence-corrected chi connectivity index (χ4v) is 4.29. The molecule has 0 saturated carbocycles. The van der Waals surface area contributed by atoms with Gasteiger partial charge in [0.2, 0.25) is 0 Å². The van der Waals surface area contributed by atoms with Crippen LogP contribution in [0.15, 0.2) is 59.7 Å². The number of aromatic nitrogens is 1. The van der Waals surface area contributed by atoms with Gasteiger partial charge in [-0.3, -0.25) is 9.79 Å². The Labute approximate surface area is 157 Å². The number of nitrogens with zero attached hydrogens (tertiary/aromatic N) is 2. The Morgan fingerprint density at radius 1 is 1.00 bits per heavy atom. The lowest BCUT2D eigenvalue weighted by molar-refractivity contribution is 0.0972. The largest absolute Gasteiger partial charge is 0.313 e. The van der Waals surface area contributed by atoms with Crippen molar-refractivity contribution in [2.75, 3.05) is 0 Å². The maximum atomic E-state index is 12.1. The predicted molar refractivity (Wildman–Crippen MR) is 104 cm³/mol. The number of hydrogen-bond donors (Lipinski definition) is 0. The number of carbonyl (C=O) groups is 1. The van der Waals surface area contributed by atoms with Gasteiger partial charge in [-0.1, -0.05) is 35.9 Å². The molecule has 1 aliphatic heterocycles. The summed E-state index contributed by atoms with van der Waals surface area (Å²) in [5.41, 5.74) is 7.15. The molecule has 3 nitrogen and oxygen atoms in total. The fraction of sp³-hybridized carbons (Fsp3) is 0.182. The Kier molecular flexibility index (Phi) is 3.57. The van der Waals surface area contributed by atoms with Crippen LogP contribution in [0.4, 0.5) is 0 Å². The van der Waals surface area contributed by atoms with Crippen LogP contribution in [0.3, 0.4) is 0 Å². The Morgan fingerprint density at radius 3 is 2.85 bits per heavy atom. The van der Waals surface area contributed by atoms with E-state index in [2.05, 4.69) is 22.8 Å². The highest BCUT2D eigenvalue weighted by atomic mass is 35.5. The number of para-hydroxylation sites is 1. The number of halogens is 1. The molecule has 1 aromatic heterocycles. The van der Waals surface area contributed by atoms with E-state index in [-0.39, 0.29) is 5.78 Å². The summed E-state index contributed by atoms with van der Waals surface area (Å²) in [6, 6.07) is 16.2. The van der Waals surface area contributed by atoms with E-state index in [0.717, 1.165) is 57.2 Å². The summed E-state index contributed by atoms with van der Waals surface area (Å²) in [6.07, 6.45) is 4.57. The van der Waals surface area contributed by atoms with Crippen molar-refractivity contribution in [2.24, 2.45) is 4.99 Å². The number of benzene rings is 2. The van der Waals surface area contributed by atoms with Crippen LogP contribution in [0.5, 0.6) is 0 Å². The van der Waals surface area contributed by atoms with Crippen molar-refractivity contribution >= 4 is 23.1 Å². The van der Waals surface area contributed by atoms with E-state index in [1.54, 1.807) is 0 Å². The molecule has 2 aromatic carbocycles. The summed E-state index contributed by atoms with van der Waals surface area (Å²) >= 11 is 6.49. The van der Waals surface area contributed by atoms with Crippen LogP contribution in [0.1, 0.15) is 45.6 Å². The molecule has 128 valence electrons. The number of ketones is 1. The standard InChI is InChI=1S/C22H17ClN2O/c23-18-6-1-5-16-13-24-21(19-7-3-11-25(19)22(16)18)15-9-10-17-14(12-15)4-2-8-20(17)26/h1,3,5-7,9-12H,2,4,8,13H2. The average Bonchev–Trinajstić information content (AvgIpc) is 3.05. The Morgan fingerprint density at radius 2 is 1.92 bits per heavy atom. The number of Topliss-reactive ketones (excluding diaryl/α,β-unsaturated/α-hetero) is 1. The smallest absolute Gasteiger partial charge is 0.163 e. The van der Waals surface area contributed by atoms with Crippen molar-refractivity contribution < 1.29 is 4.79 Å². The monoisotopic (exact) mass is 360 g/mol. The summed E-state index contributed by atoms with van der Waals surface area (Å²) in [5, 5.41) is 0.729. The molecular formula is C22H17ClN2O. The first-order chi connectivity index (χ1) is 12.7. The lowest BCUT2D eigenvalue weighted by atomic mass is 9.88. The van der Waals surface area contributed by atoms with Crippen LogP contribution in [-0.4, -0.2) is 16.1 Å². The van der Waals surface area contributed by atoms with Gasteiger partial charge in [-0.15, -0.1) is 0 Å². The molecule has 3 aromatic rings. The summed E-state index contributed by atoms with van der Waals surface area (Å²) in [5.74, 6) is 0.253. The number of hydrogen-bond acceptors (Lipinski definition) is 2. The normalized spacial score (nSPS) is 15.6. The van der Waals surface area contributed by atoms with Gasteiger partial charge in [-0.2, -0.15) is 0 Å². The summed E-state index contributed by atoms with van der Waals surface area (Å²) in [4.78, 5) is 17.0. The second-order valence-corrected chi connectivity index (χ2v) is 7.23. The van der Waals surface area contributed by atoms with E-state index >= 15 is 0 Å². The topological polar surface area (TPSA) is 34.4 Å². The van der Waals surface area contributed by atoms with Gasteiger partial charge < -0.3 is 4.57 Å². The second-order valence-electron chi connectivity index (χ2n) is 6.82. The second kappa shape index (κ2) is 5.96. The van der Waals surface area contributed by atoms with Crippen LogP contribution in [0.2, 0.25) is 5.02 Å². The molecule has 0 unspecified atom stereocenters. The first-order valence-electron chi connectivity index (χ1n) is 8.89. The molecule has 2 aliphatic rings. The van der Waals surface area contributed by atoms with Crippen LogP contribution in [0, 0.1) is 0 Å².